The highest BCUT2D eigenvalue weighted by Gasteiger charge is 2.28. The number of fused-ring (bicyclic) bond motifs is 1. The molecule has 0 saturated carbocycles. The third kappa shape index (κ3) is 4.12. The SMILES string of the molecule is CCC(=O)Nc1sc2c(c1C(=O)Nc1ccc(Br)cc1)CC[C@H](C)C2. The van der Waals surface area contributed by atoms with Crippen LogP contribution in [-0.4, -0.2) is 11.8 Å². The Hall–Kier alpha value is -1.66. The average Bonchev–Trinajstić information content (AvgIpc) is 2.93. The van der Waals surface area contributed by atoms with Crippen molar-refractivity contribution >= 4 is 49.8 Å². The van der Waals surface area contributed by atoms with Gasteiger partial charge in [0.2, 0.25) is 5.91 Å². The maximum absolute atomic E-state index is 12.9. The second-order valence-electron chi connectivity index (χ2n) is 6.42. The molecule has 3 rings (SSSR count). The Morgan fingerprint density at radius 3 is 2.64 bits per heavy atom. The molecule has 0 radical (unpaired) electrons. The van der Waals surface area contributed by atoms with E-state index in [0.29, 0.717) is 22.9 Å². The van der Waals surface area contributed by atoms with Crippen LogP contribution in [0.2, 0.25) is 0 Å². The Labute approximate surface area is 160 Å². The Kier molecular flexibility index (Phi) is 5.59. The minimum Gasteiger partial charge on any atom is -0.322 e. The molecular weight excluding hydrogens is 400 g/mol. The summed E-state index contributed by atoms with van der Waals surface area (Å²) in [6.07, 6.45) is 3.33. The molecule has 132 valence electrons. The van der Waals surface area contributed by atoms with Crippen molar-refractivity contribution in [2.24, 2.45) is 5.92 Å². The molecule has 2 amide bonds. The van der Waals surface area contributed by atoms with E-state index in [9.17, 15) is 9.59 Å². The summed E-state index contributed by atoms with van der Waals surface area (Å²) in [6.45, 7) is 4.04. The molecule has 1 atom stereocenters. The third-order valence-corrected chi connectivity index (χ3v) is 6.11. The number of rotatable bonds is 4. The summed E-state index contributed by atoms with van der Waals surface area (Å²) in [7, 11) is 0. The lowest BCUT2D eigenvalue weighted by molar-refractivity contribution is -0.115. The van der Waals surface area contributed by atoms with Gasteiger partial charge in [-0.05, 0) is 55.0 Å². The normalized spacial score (nSPS) is 16.2. The number of thiophene rings is 1. The molecule has 0 fully saturated rings. The maximum atomic E-state index is 12.9. The van der Waals surface area contributed by atoms with Crippen LogP contribution in [-0.2, 0) is 17.6 Å². The number of hydrogen-bond donors (Lipinski definition) is 2. The summed E-state index contributed by atoms with van der Waals surface area (Å²) >= 11 is 4.94. The number of anilines is 2. The van der Waals surface area contributed by atoms with Gasteiger partial charge in [0.1, 0.15) is 5.00 Å². The molecular formula is C19H21BrN2O2S. The molecule has 1 aromatic carbocycles. The average molecular weight is 421 g/mol. The van der Waals surface area contributed by atoms with Gasteiger partial charge in [0.05, 0.1) is 5.56 Å². The first-order chi connectivity index (χ1) is 12.0. The third-order valence-electron chi connectivity index (χ3n) is 4.41. The van der Waals surface area contributed by atoms with E-state index < -0.39 is 0 Å². The molecule has 0 bridgehead atoms. The van der Waals surface area contributed by atoms with Gasteiger partial charge in [-0.25, -0.2) is 0 Å². The van der Waals surface area contributed by atoms with Gasteiger partial charge < -0.3 is 10.6 Å². The monoisotopic (exact) mass is 420 g/mol. The summed E-state index contributed by atoms with van der Waals surface area (Å²) < 4.78 is 0.961. The predicted octanol–water partition coefficient (Wildman–Crippen LogP) is 5.24. The Morgan fingerprint density at radius 2 is 1.96 bits per heavy atom. The molecule has 0 saturated heterocycles. The summed E-state index contributed by atoms with van der Waals surface area (Å²) in [5.74, 6) is 0.397. The van der Waals surface area contributed by atoms with Crippen LogP contribution in [0.1, 0.15) is 47.5 Å². The predicted molar refractivity (Wildman–Crippen MR) is 107 cm³/mol. The van der Waals surface area contributed by atoms with Gasteiger partial charge in [0.15, 0.2) is 0 Å². The Balaban J connectivity index is 1.93. The fraction of sp³-hybridized carbons (Fsp3) is 0.368. The standard InChI is InChI=1S/C19H21BrN2O2S/c1-3-16(23)22-19-17(14-9-4-11(2)10-15(14)25-19)18(24)21-13-7-5-12(20)6-8-13/h5-8,11H,3-4,9-10H2,1-2H3,(H,21,24)(H,22,23)/t11-/m0/s1. The molecule has 2 aromatic rings. The molecule has 1 aliphatic carbocycles. The van der Waals surface area contributed by atoms with Gasteiger partial charge in [-0.2, -0.15) is 0 Å². The van der Waals surface area contributed by atoms with Crippen LogP contribution in [0.15, 0.2) is 28.7 Å². The quantitative estimate of drug-likeness (QED) is 0.710. The van der Waals surface area contributed by atoms with Gasteiger partial charge in [-0.1, -0.05) is 29.8 Å². The van der Waals surface area contributed by atoms with Crippen molar-refractivity contribution in [1.29, 1.82) is 0 Å². The van der Waals surface area contributed by atoms with Gasteiger partial charge in [0, 0.05) is 21.5 Å². The minimum atomic E-state index is -0.152. The summed E-state index contributed by atoms with van der Waals surface area (Å²) in [5, 5.41) is 6.56. The van der Waals surface area contributed by atoms with Crippen molar-refractivity contribution in [1.82, 2.24) is 0 Å². The van der Waals surface area contributed by atoms with E-state index in [1.54, 1.807) is 11.3 Å². The van der Waals surface area contributed by atoms with E-state index in [1.165, 1.54) is 4.88 Å². The summed E-state index contributed by atoms with van der Waals surface area (Å²) in [4.78, 5) is 26.1. The number of halogens is 1. The van der Waals surface area contributed by atoms with Gasteiger partial charge in [0.25, 0.3) is 5.91 Å². The summed E-state index contributed by atoms with van der Waals surface area (Å²) in [6, 6.07) is 7.49. The molecule has 0 unspecified atom stereocenters. The highest BCUT2D eigenvalue weighted by Crippen LogP contribution is 2.40. The van der Waals surface area contributed by atoms with Gasteiger partial charge in [-0.3, -0.25) is 9.59 Å². The van der Waals surface area contributed by atoms with Gasteiger partial charge in [-0.15, -0.1) is 11.3 Å². The van der Waals surface area contributed by atoms with Crippen molar-refractivity contribution in [2.75, 3.05) is 10.6 Å². The lowest BCUT2D eigenvalue weighted by Crippen LogP contribution is -2.19. The highest BCUT2D eigenvalue weighted by molar-refractivity contribution is 9.10. The van der Waals surface area contributed by atoms with Crippen molar-refractivity contribution in [3.63, 3.8) is 0 Å². The lowest BCUT2D eigenvalue weighted by atomic mass is 9.88. The molecule has 25 heavy (non-hydrogen) atoms. The van der Waals surface area contributed by atoms with Gasteiger partial charge >= 0.3 is 0 Å². The largest absolute Gasteiger partial charge is 0.322 e. The number of amides is 2. The molecule has 0 aliphatic heterocycles. The summed E-state index contributed by atoms with van der Waals surface area (Å²) in [5.41, 5.74) is 2.48. The van der Waals surface area contributed by atoms with Crippen LogP contribution in [0.3, 0.4) is 0 Å². The maximum Gasteiger partial charge on any atom is 0.258 e. The van der Waals surface area contributed by atoms with Crippen molar-refractivity contribution in [3.05, 3.63) is 44.7 Å². The molecule has 4 nitrogen and oxygen atoms in total. The molecule has 1 aromatic heterocycles. The number of carbonyl (C=O) groups excluding carboxylic acids is 2. The number of carbonyl (C=O) groups is 2. The van der Waals surface area contributed by atoms with Crippen molar-refractivity contribution in [2.45, 2.75) is 39.5 Å². The lowest BCUT2D eigenvalue weighted by Gasteiger charge is -2.18. The van der Waals surface area contributed by atoms with E-state index in [1.807, 2.05) is 31.2 Å². The zero-order chi connectivity index (χ0) is 18.0. The fourth-order valence-corrected chi connectivity index (χ4v) is 4.71. The van der Waals surface area contributed by atoms with Crippen LogP contribution in [0.4, 0.5) is 10.7 Å². The first-order valence-corrected chi connectivity index (χ1v) is 10.1. The van der Waals surface area contributed by atoms with Crippen LogP contribution < -0.4 is 10.6 Å². The molecule has 2 N–H and O–H groups in total. The van der Waals surface area contributed by atoms with Crippen LogP contribution in [0.25, 0.3) is 0 Å². The first-order valence-electron chi connectivity index (χ1n) is 8.49. The number of nitrogens with one attached hydrogen (secondary N) is 2. The van der Waals surface area contributed by atoms with Crippen LogP contribution in [0.5, 0.6) is 0 Å². The molecule has 6 heteroatoms. The van der Waals surface area contributed by atoms with E-state index in [2.05, 4.69) is 33.5 Å². The Bertz CT molecular complexity index is 799. The zero-order valence-corrected chi connectivity index (χ0v) is 16.7. The molecule has 1 heterocycles. The number of benzene rings is 1. The van der Waals surface area contributed by atoms with E-state index in [0.717, 1.165) is 35.0 Å². The van der Waals surface area contributed by atoms with Crippen LogP contribution >= 0.6 is 27.3 Å². The molecule has 0 spiro atoms. The Morgan fingerprint density at radius 1 is 1.24 bits per heavy atom. The van der Waals surface area contributed by atoms with Crippen molar-refractivity contribution < 1.29 is 9.59 Å². The second-order valence-corrected chi connectivity index (χ2v) is 8.44. The van der Waals surface area contributed by atoms with E-state index in [4.69, 9.17) is 0 Å². The van der Waals surface area contributed by atoms with Crippen LogP contribution in [0, 0.1) is 5.92 Å². The topological polar surface area (TPSA) is 58.2 Å². The fourth-order valence-electron chi connectivity index (χ4n) is 3.02. The second kappa shape index (κ2) is 7.70. The van der Waals surface area contributed by atoms with E-state index in [-0.39, 0.29) is 11.8 Å². The highest BCUT2D eigenvalue weighted by atomic mass is 79.9. The minimum absolute atomic E-state index is 0.0654. The molecule has 1 aliphatic rings. The van der Waals surface area contributed by atoms with E-state index >= 15 is 0 Å². The zero-order valence-electron chi connectivity index (χ0n) is 14.3. The smallest absolute Gasteiger partial charge is 0.258 e. The first kappa shape index (κ1) is 18.1. The van der Waals surface area contributed by atoms with Crippen molar-refractivity contribution in [3.8, 4) is 0 Å². The number of hydrogen-bond acceptors (Lipinski definition) is 3.